The highest BCUT2D eigenvalue weighted by atomic mass is 16.6. The van der Waals surface area contributed by atoms with Crippen molar-refractivity contribution in [1.82, 2.24) is 0 Å². The molecule has 5 nitrogen and oxygen atoms in total. The lowest BCUT2D eigenvalue weighted by Gasteiger charge is -2.19. The molecule has 3 rings (SSSR count). The van der Waals surface area contributed by atoms with E-state index in [0.717, 1.165) is 0 Å². The van der Waals surface area contributed by atoms with Gasteiger partial charge in [-0.25, -0.2) is 0 Å². The molecule has 0 aromatic heterocycles. The average molecular weight is 240 g/mol. The molecule has 0 spiro atoms. The van der Waals surface area contributed by atoms with E-state index in [9.17, 15) is 15.0 Å². The summed E-state index contributed by atoms with van der Waals surface area (Å²) in [6.45, 7) is 4.97. The minimum absolute atomic E-state index is 0.132. The van der Waals surface area contributed by atoms with E-state index in [1.165, 1.54) is 6.08 Å². The number of hydrogen-bond acceptors (Lipinski definition) is 5. The van der Waals surface area contributed by atoms with Crippen molar-refractivity contribution in [3.63, 3.8) is 0 Å². The number of hydrogen-bond donors (Lipinski definition) is 2. The molecular formula is C12H16O5. The molecule has 17 heavy (non-hydrogen) atoms. The molecule has 0 aromatic carbocycles. The summed E-state index contributed by atoms with van der Waals surface area (Å²) in [4.78, 5) is 11.8. The maximum absolute atomic E-state index is 11.8. The smallest absolute Gasteiger partial charge is 0.190 e. The molecular weight excluding hydrogens is 224 g/mol. The SMILES string of the molecule is CC(C)(O)[C@@H]1O[C@@H]1C1=CC(=O)[C@]2(C)O[C@H]2[C@@H]1O. The fourth-order valence-electron chi connectivity index (χ4n) is 2.50. The van der Waals surface area contributed by atoms with Gasteiger partial charge in [0, 0.05) is 0 Å². The van der Waals surface area contributed by atoms with Crippen LogP contribution in [-0.2, 0) is 14.3 Å². The number of epoxide rings is 2. The lowest BCUT2D eigenvalue weighted by molar-refractivity contribution is -0.119. The zero-order valence-electron chi connectivity index (χ0n) is 10.0. The monoisotopic (exact) mass is 240 g/mol. The number of aliphatic hydroxyl groups excluding tert-OH is 1. The van der Waals surface area contributed by atoms with E-state index in [1.807, 2.05) is 0 Å². The average Bonchev–Trinajstić information content (AvgIpc) is 3.03. The van der Waals surface area contributed by atoms with Gasteiger partial charge in [0.15, 0.2) is 11.4 Å². The number of rotatable bonds is 2. The van der Waals surface area contributed by atoms with Gasteiger partial charge in [0.25, 0.3) is 0 Å². The largest absolute Gasteiger partial charge is 0.388 e. The fourth-order valence-corrected chi connectivity index (χ4v) is 2.50. The number of aliphatic hydroxyl groups is 2. The van der Waals surface area contributed by atoms with Gasteiger partial charge in [-0.05, 0) is 32.4 Å². The Morgan fingerprint density at radius 3 is 2.65 bits per heavy atom. The van der Waals surface area contributed by atoms with Crippen LogP contribution >= 0.6 is 0 Å². The molecule has 2 heterocycles. The van der Waals surface area contributed by atoms with Crippen molar-refractivity contribution in [1.29, 1.82) is 0 Å². The van der Waals surface area contributed by atoms with Gasteiger partial charge in [-0.1, -0.05) is 0 Å². The van der Waals surface area contributed by atoms with Gasteiger partial charge in [-0.15, -0.1) is 0 Å². The van der Waals surface area contributed by atoms with Gasteiger partial charge in [0.05, 0.1) is 5.60 Å². The van der Waals surface area contributed by atoms with E-state index in [0.29, 0.717) is 5.57 Å². The Morgan fingerprint density at radius 1 is 1.47 bits per heavy atom. The van der Waals surface area contributed by atoms with Crippen molar-refractivity contribution < 1.29 is 24.5 Å². The van der Waals surface area contributed by atoms with E-state index in [4.69, 9.17) is 9.47 Å². The molecule has 0 amide bonds. The van der Waals surface area contributed by atoms with Crippen LogP contribution in [0.1, 0.15) is 20.8 Å². The predicted octanol–water partition coefficient (Wildman–Crippen LogP) is -0.448. The standard InChI is InChI=1S/C12H16O5/c1-11(2,15)10-8(16-10)5-4-6(13)12(3)9(17-12)7(5)14/h4,7-10,14-15H,1-3H3/t7-,8-,9+,10-,12+/m1/s1. The fraction of sp³-hybridized carbons (Fsp3) is 0.750. The second kappa shape index (κ2) is 2.98. The first-order valence-corrected chi connectivity index (χ1v) is 5.75. The van der Waals surface area contributed by atoms with Gasteiger partial charge in [0.1, 0.15) is 24.4 Å². The van der Waals surface area contributed by atoms with Gasteiger partial charge < -0.3 is 19.7 Å². The Hall–Kier alpha value is -0.750. The maximum Gasteiger partial charge on any atom is 0.190 e. The molecule has 5 atom stereocenters. The molecule has 3 aliphatic rings. The van der Waals surface area contributed by atoms with E-state index < -0.39 is 23.4 Å². The van der Waals surface area contributed by atoms with Crippen LogP contribution in [0.4, 0.5) is 0 Å². The molecule has 0 unspecified atom stereocenters. The van der Waals surface area contributed by atoms with Crippen LogP contribution in [0.25, 0.3) is 0 Å². The maximum atomic E-state index is 11.8. The van der Waals surface area contributed by atoms with Gasteiger partial charge in [0.2, 0.25) is 0 Å². The van der Waals surface area contributed by atoms with Crippen LogP contribution in [0.15, 0.2) is 11.6 Å². The molecule has 1 aliphatic carbocycles. The molecule has 94 valence electrons. The van der Waals surface area contributed by atoms with Crippen LogP contribution in [0.5, 0.6) is 0 Å². The lowest BCUT2D eigenvalue weighted by atomic mass is 9.84. The molecule has 2 aliphatic heterocycles. The molecule has 0 saturated carbocycles. The Kier molecular flexibility index (Phi) is 1.99. The molecule has 0 aromatic rings. The normalized spacial score (nSPS) is 48.5. The number of ketones is 1. The summed E-state index contributed by atoms with van der Waals surface area (Å²) < 4.78 is 10.6. The first kappa shape index (κ1) is 11.3. The summed E-state index contributed by atoms with van der Waals surface area (Å²) >= 11 is 0. The van der Waals surface area contributed by atoms with Crippen molar-refractivity contribution in [2.24, 2.45) is 0 Å². The van der Waals surface area contributed by atoms with Gasteiger partial charge >= 0.3 is 0 Å². The van der Waals surface area contributed by atoms with Crippen LogP contribution in [0, 0.1) is 0 Å². The molecule has 2 fully saturated rings. The Bertz CT molecular complexity index is 421. The topological polar surface area (TPSA) is 82.6 Å². The van der Waals surface area contributed by atoms with Gasteiger partial charge in [-0.3, -0.25) is 4.79 Å². The van der Waals surface area contributed by atoms with E-state index in [1.54, 1.807) is 20.8 Å². The lowest BCUT2D eigenvalue weighted by Crippen LogP contribution is -2.38. The molecule has 0 radical (unpaired) electrons. The quantitative estimate of drug-likeness (QED) is 0.639. The summed E-state index contributed by atoms with van der Waals surface area (Å²) in [7, 11) is 0. The molecule has 2 N–H and O–H groups in total. The second-order valence-electron chi connectivity index (χ2n) is 5.73. The predicted molar refractivity (Wildman–Crippen MR) is 57.3 cm³/mol. The molecule has 2 saturated heterocycles. The van der Waals surface area contributed by atoms with Crippen LogP contribution in [-0.4, -0.2) is 51.6 Å². The first-order valence-electron chi connectivity index (χ1n) is 5.75. The zero-order chi connectivity index (χ0) is 12.6. The van der Waals surface area contributed by atoms with Crippen molar-refractivity contribution >= 4 is 5.78 Å². The van der Waals surface area contributed by atoms with Crippen molar-refractivity contribution in [2.45, 2.75) is 56.4 Å². The Labute approximate surface area is 99.0 Å². The Balaban J connectivity index is 1.82. The minimum Gasteiger partial charge on any atom is -0.388 e. The molecule has 5 heteroatoms. The summed E-state index contributed by atoms with van der Waals surface area (Å²) in [6.07, 6.45) is -0.594. The van der Waals surface area contributed by atoms with Crippen molar-refractivity contribution in [3.8, 4) is 0 Å². The van der Waals surface area contributed by atoms with Crippen molar-refractivity contribution in [3.05, 3.63) is 11.6 Å². The van der Waals surface area contributed by atoms with Crippen molar-refractivity contribution in [2.75, 3.05) is 0 Å². The third kappa shape index (κ3) is 1.50. The third-order valence-corrected chi connectivity index (χ3v) is 3.79. The number of carbonyl (C=O) groups excluding carboxylic acids is 1. The third-order valence-electron chi connectivity index (χ3n) is 3.79. The highest BCUT2D eigenvalue weighted by Crippen LogP contribution is 2.49. The summed E-state index contributed by atoms with van der Waals surface area (Å²) in [5.74, 6) is -0.132. The number of carbonyl (C=O) groups is 1. The highest BCUT2D eigenvalue weighted by molar-refractivity contribution is 6.01. The van der Waals surface area contributed by atoms with Crippen LogP contribution < -0.4 is 0 Å². The van der Waals surface area contributed by atoms with E-state index in [2.05, 4.69) is 0 Å². The zero-order valence-corrected chi connectivity index (χ0v) is 10.0. The minimum atomic E-state index is -0.973. The van der Waals surface area contributed by atoms with E-state index >= 15 is 0 Å². The summed E-state index contributed by atoms with van der Waals surface area (Å²) in [5.41, 5.74) is -1.29. The second-order valence-corrected chi connectivity index (χ2v) is 5.73. The van der Waals surface area contributed by atoms with Crippen LogP contribution in [0.2, 0.25) is 0 Å². The summed E-state index contributed by atoms with van der Waals surface area (Å²) in [6, 6.07) is 0. The van der Waals surface area contributed by atoms with Gasteiger partial charge in [-0.2, -0.15) is 0 Å². The highest BCUT2D eigenvalue weighted by Gasteiger charge is 2.66. The van der Waals surface area contributed by atoms with E-state index in [-0.39, 0.29) is 18.0 Å². The number of fused-ring (bicyclic) bond motifs is 1. The molecule has 0 bridgehead atoms. The number of ether oxygens (including phenoxy) is 2. The summed E-state index contributed by atoms with van der Waals surface area (Å²) in [5, 5.41) is 19.8. The first-order chi connectivity index (χ1) is 7.75. The van der Waals surface area contributed by atoms with Crippen LogP contribution in [0.3, 0.4) is 0 Å². The Morgan fingerprint density at radius 2 is 2.12 bits per heavy atom.